The third-order valence-electron chi connectivity index (χ3n) is 4.25. The lowest BCUT2D eigenvalue weighted by Crippen LogP contribution is -2.64. The highest BCUT2D eigenvalue weighted by molar-refractivity contribution is 5.81. The summed E-state index contributed by atoms with van der Waals surface area (Å²) in [6.07, 6.45) is 2.43. The second-order valence-electron chi connectivity index (χ2n) is 5.40. The van der Waals surface area contributed by atoms with E-state index in [1.54, 1.807) is 7.11 Å². The van der Waals surface area contributed by atoms with Crippen molar-refractivity contribution in [2.45, 2.75) is 51.9 Å². The molecule has 16 heavy (non-hydrogen) atoms. The second-order valence-corrected chi connectivity index (χ2v) is 5.40. The van der Waals surface area contributed by atoms with Gasteiger partial charge in [-0.3, -0.25) is 10.1 Å². The molecule has 1 saturated carbocycles. The zero-order valence-electron chi connectivity index (χ0n) is 10.6. The smallest absolute Gasteiger partial charge is 0.238 e. The van der Waals surface area contributed by atoms with Gasteiger partial charge in [-0.05, 0) is 12.8 Å². The number of rotatable bonds is 3. The number of ether oxygens (including phenoxy) is 1. The highest BCUT2D eigenvalue weighted by Crippen LogP contribution is 2.46. The molecular formula is C12H22N2O2. The normalized spacial score (nSPS) is 37.6. The standard InChI is InChI=1S/C12H22N2O2/c1-5-10-13-7-11(15)14(10)8-6-9(16-4)12(8,2)3/h8-10,13H,5-7H2,1-4H3. The average molecular weight is 226 g/mol. The van der Waals surface area contributed by atoms with Crippen LogP contribution < -0.4 is 5.32 Å². The zero-order chi connectivity index (χ0) is 11.9. The van der Waals surface area contributed by atoms with Gasteiger partial charge in [-0.15, -0.1) is 0 Å². The van der Waals surface area contributed by atoms with Crippen molar-refractivity contribution in [3.63, 3.8) is 0 Å². The van der Waals surface area contributed by atoms with E-state index in [4.69, 9.17) is 4.74 Å². The molecule has 3 unspecified atom stereocenters. The van der Waals surface area contributed by atoms with E-state index >= 15 is 0 Å². The summed E-state index contributed by atoms with van der Waals surface area (Å²) in [5.41, 5.74) is 0.0733. The van der Waals surface area contributed by atoms with Crippen molar-refractivity contribution in [1.82, 2.24) is 10.2 Å². The molecule has 1 heterocycles. The number of amides is 1. The third kappa shape index (κ3) is 1.55. The van der Waals surface area contributed by atoms with E-state index in [-0.39, 0.29) is 23.6 Å². The van der Waals surface area contributed by atoms with Crippen LogP contribution in [0.2, 0.25) is 0 Å². The van der Waals surface area contributed by atoms with Crippen molar-refractivity contribution in [3.8, 4) is 0 Å². The summed E-state index contributed by atoms with van der Waals surface area (Å²) in [7, 11) is 1.75. The van der Waals surface area contributed by atoms with Crippen LogP contribution in [0.1, 0.15) is 33.6 Å². The second kappa shape index (κ2) is 4.00. The highest BCUT2D eigenvalue weighted by atomic mass is 16.5. The van der Waals surface area contributed by atoms with Gasteiger partial charge in [-0.25, -0.2) is 0 Å². The van der Waals surface area contributed by atoms with E-state index in [0.717, 1.165) is 12.8 Å². The third-order valence-corrected chi connectivity index (χ3v) is 4.25. The van der Waals surface area contributed by atoms with Crippen LogP contribution in [0.25, 0.3) is 0 Å². The van der Waals surface area contributed by atoms with Gasteiger partial charge < -0.3 is 9.64 Å². The number of carbonyl (C=O) groups is 1. The number of methoxy groups -OCH3 is 1. The summed E-state index contributed by atoms with van der Waals surface area (Å²) < 4.78 is 5.44. The van der Waals surface area contributed by atoms with Crippen molar-refractivity contribution < 1.29 is 9.53 Å². The molecule has 1 saturated heterocycles. The van der Waals surface area contributed by atoms with E-state index in [2.05, 4.69) is 26.1 Å². The minimum absolute atomic E-state index is 0.0733. The molecule has 0 radical (unpaired) electrons. The van der Waals surface area contributed by atoms with E-state index in [1.165, 1.54) is 0 Å². The molecule has 0 aromatic heterocycles. The van der Waals surface area contributed by atoms with Crippen LogP contribution in [-0.4, -0.2) is 42.8 Å². The van der Waals surface area contributed by atoms with Gasteiger partial charge in [-0.1, -0.05) is 20.8 Å². The van der Waals surface area contributed by atoms with Crippen LogP contribution in [0.3, 0.4) is 0 Å². The largest absolute Gasteiger partial charge is 0.381 e. The SMILES string of the molecule is CCC1NCC(=O)N1C1CC(OC)C1(C)C. The van der Waals surface area contributed by atoms with Gasteiger partial charge in [0, 0.05) is 18.6 Å². The van der Waals surface area contributed by atoms with E-state index in [9.17, 15) is 4.79 Å². The molecule has 4 nitrogen and oxygen atoms in total. The molecule has 4 heteroatoms. The van der Waals surface area contributed by atoms with Crippen molar-refractivity contribution in [2.75, 3.05) is 13.7 Å². The quantitative estimate of drug-likeness (QED) is 0.779. The van der Waals surface area contributed by atoms with Gasteiger partial charge in [0.25, 0.3) is 0 Å². The molecule has 2 aliphatic rings. The Labute approximate surface area is 97.3 Å². The summed E-state index contributed by atoms with van der Waals surface area (Å²) in [4.78, 5) is 13.9. The molecule has 92 valence electrons. The van der Waals surface area contributed by atoms with Gasteiger partial charge in [0.1, 0.15) is 0 Å². The Hall–Kier alpha value is -0.610. The van der Waals surface area contributed by atoms with Crippen molar-refractivity contribution >= 4 is 5.91 Å². The molecular weight excluding hydrogens is 204 g/mol. The van der Waals surface area contributed by atoms with E-state index in [0.29, 0.717) is 12.6 Å². The molecule has 1 N–H and O–H groups in total. The fourth-order valence-corrected chi connectivity index (χ4v) is 3.04. The van der Waals surface area contributed by atoms with Gasteiger partial charge in [-0.2, -0.15) is 0 Å². The first kappa shape index (κ1) is 11.9. The monoisotopic (exact) mass is 226 g/mol. The van der Waals surface area contributed by atoms with Crippen molar-refractivity contribution in [2.24, 2.45) is 5.41 Å². The van der Waals surface area contributed by atoms with Crippen LogP contribution in [0.4, 0.5) is 0 Å². The number of nitrogens with zero attached hydrogens (tertiary/aromatic N) is 1. The molecule has 2 rings (SSSR count). The van der Waals surface area contributed by atoms with Crippen LogP contribution in [0.15, 0.2) is 0 Å². The first-order valence-electron chi connectivity index (χ1n) is 6.09. The Kier molecular flexibility index (Phi) is 2.97. The topological polar surface area (TPSA) is 41.6 Å². The molecule has 2 fully saturated rings. The maximum atomic E-state index is 11.9. The van der Waals surface area contributed by atoms with Gasteiger partial charge >= 0.3 is 0 Å². The van der Waals surface area contributed by atoms with Crippen molar-refractivity contribution in [1.29, 1.82) is 0 Å². The first-order valence-corrected chi connectivity index (χ1v) is 6.09. The summed E-state index contributed by atoms with van der Waals surface area (Å²) in [5, 5.41) is 3.26. The molecule has 1 amide bonds. The number of hydrogen-bond acceptors (Lipinski definition) is 3. The Morgan fingerprint density at radius 2 is 2.25 bits per heavy atom. The number of hydrogen-bond donors (Lipinski definition) is 1. The lowest BCUT2D eigenvalue weighted by atomic mass is 9.63. The molecule has 0 bridgehead atoms. The van der Waals surface area contributed by atoms with Gasteiger partial charge in [0.15, 0.2) is 0 Å². The predicted octanol–water partition coefficient (Wildman–Crippen LogP) is 0.968. The maximum Gasteiger partial charge on any atom is 0.238 e. The molecule has 3 atom stereocenters. The Balaban J connectivity index is 2.11. The minimum atomic E-state index is 0.0733. The summed E-state index contributed by atoms with van der Waals surface area (Å²) in [6.45, 7) is 6.98. The van der Waals surface area contributed by atoms with Crippen LogP contribution in [-0.2, 0) is 9.53 Å². The van der Waals surface area contributed by atoms with Crippen LogP contribution in [0.5, 0.6) is 0 Å². The maximum absolute atomic E-state index is 11.9. The fraction of sp³-hybridized carbons (Fsp3) is 0.917. The zero-order valence-corrected chi connectivity index (χ0v) is 10.6. The number of carbonyl (C=O) groups excluding carboxylic acids is 1. The average Bonchev–Trinajstić information content (AvgIpc) is 2.59. The van der Waals surface area contributed by atoms with Crippen LogP contribution >= 0.6 is 0 Å². The molecule has 1 aliphatic carbocycles. The Morgan fingerprint density at radius 1 is 1.56 bits per heavy atom. The van der Waals surface area contributed by atoms with Crippen molar-refractivity contribution in [3.05, 3.63) is 0 Å². The Bertz CT molecular complexity index is 291. The Morgan fingerprint density at radius 3 is 2.75 bits per heavy atom. The summed E-state index contributed by atoms with van der Waals surface area (Å²) >= 11 is 0. The highest BCUT2D eigenvalue weighted by Gasteiger charge is 2.54. The molecule has 1 aliphatic heterocycles. The summed E-state index contributed by atoms with van der Waals surface area (Å²) in [6, 6.07) is 0.324. The van der Waals surface area contributed by atoms with E-state index < -0.39 is 0 Å². The molecule has 0 aromatic rings. The van der Waals surface area contributed by atoms with Gasteiger partial charge in [0.05, 0.1) is 18.8 Å². The van der Waals surface area contributed by atoms with E-state index in [1.807, 2.05) is 4.90 Å². The van der Waals surface area contributed by atoms with Gasteiger partial charge in [0.2, 0.25) is 5.91 Å². The number of nitrogens with one attached hydrogen (secondary N) is 1. The lowest BCUT2D eigenvalue weighted by Gasteiger charge is -2.55. The molecule has 0 aromatic carbocycles. The molecule has 0 spiro atoms. The predicted molar refractivity (Wildman–Crippen MR) is 61.9 cm³/mol. The summed E-state index contributed by atoms with van der Waals surface area (Å²) in [5.74, 6) is 0.236. The van der Waals surface area contributed by atoms with Crippen LogP contribution in [0, 0.1) is 5.41 Å². The fourth-order valence-electron chi connectivity index (χ4n) is 3.04. The minimum Gasteiger partial charge on any atom is -0.381 e. The first-order chi connectivity index (χ1) is 7.52. The lowest BCUT2D eigenvalue weighted by molar-refractivity contribution is -0.161.